The molecule has 2 rings (SSSR count). The molecular formula is C20H19NO6S. The van der Waals surface area contributed by atoms with E-state index in [1.807, 2.05) is 6.07 Å². The summed E-state index contributed by atoms with van der Waals surface area (Å²) in [6, 6.07) is 11.3. The van der Waals surface area contributed by atoms with E-state index in [2.05, 4.69) is 4.74 Å². The summed E-state index contributed by atoms with van der Waals surface area (Å²) in [5.41, 5.74) is 1.92. The Labute approximate surface area is 163 Å². The predicted octanol–water partition coefficient (Wildman–Crippen LogP) is 3.16. The molecule has 2 aromatic rings. The summed E-state index contributed by atoms with van der Waals surface area (Å²) in [6.45, 7) is 3.14. The van der Waals surface area contributed by atoms with Gasteiger partial charge >= 0.3 is 16.1 Å². The van der Waals surface area contributed by atoms with Gasteiger partial charge in [0, 0.05) is 6.08 Å². The topological polar surface area (TPSA) is 103 Å². The molecular weight excluding hydrogens is 382 g/mol. The van der Waals surface area contributed by atoms with Crippen molar-refractivity contribution in [1.82, 2.24) is 0 Å². The highest BCUT2D eigenvalue weighted by atomic mass is 32.2. The zero-order valence-corrected chi connectivity index (χ0v) is 16.4. The first-order valence-electron chi connectivity index (χ1n) is 8.18. The van der Waals surface area contributed by atoms with Crippen LogP contribution in [0, 0.1) is 25.2 Å². The molecule has 0 saturated carbocycles. The van der Waals surface area contributed by atoms with Crippen molar-refractivity contribution in [2.75, 3.05) is 13.7 Å². The first-order valence-corrected chi connectivity index (χ1v) is 9.59. The Hall–Kier alpha value is -3.31. The lowest BCUT2D eigenvalue weighted by molar-refractivity contribution is -0.136. The van der Waals surface area contributed by atoms with Gasteiger partial charge in [0.05, 0.1) is 7.11 Å². The number of carbonyl (C=O) groups excluding carboxylic acids is 1. The Morgan fingerprint density at radius 3 is 2.57 bits per heavy atom. The van der Waals surface area contributed by atoms with E-state index >= 15 is 0 Å². The van der Waals surface area contributed by atoms with E-state index in [0.29, 0.717) is 11.1 Å². The zero-order valence-electron chi connectivity index (χ0n) is 15.6. The number of rotatable bonds is 7. The first kappa shape index (κ1) is 21.0. The van der Waals surface area contributed by atoms with Gasteiger partial charge in [-0.1, -0.05) is 18.2 Å². The number of nitriles is 1. The van der Waals surface area contributed by atoms with Crippen molar-refractivity contribution in [3.63, 3.8) is 0 Å². The summed E-state index contributed by atoms with van der Waals surface area (Å²) in [5.74, 6) is -0.465. The first-order chi connectivity index (χ1) is 13.3. The van der Waals surface area contributed by atoms with Crippen molar-refractivity contribution in [3.05, 3.63) is 59.2 Å². The van der Waals surface area contributed by atoms with Crippen LogP contribution in [0.25, 0.3) is 6.08 Å². The molecule has 0 aliphatic carbocycles. The van der Waals surface area contributed by atoms with Gasteiger partial charge in [0.1, 0.15) is 11.0 Å². The number of esters is 1. The molecule has 146 valence electrons. The van der Waals surface area contributed by atoms with Crippen LogP contribution in [0.4, 0.5) is 0 Å². The maximum Gasteiger partial charge on any atom is 0.339 e. The van der Waals surface area contributed by atoms with Crippen LogP contribution in [0.2, 0.25) is 0 Å². The number of methoxy groups -OCH3 is 1. The van der Waals surface area contributed by atoms with Crippen LogP contribution in [0.15, 0.2) is 47.4 Å². The largest absolute Gasteiger partial charge is 0.493 e. The third-order valence-corrected chi connectivity index (χ3v) is 5.07. The fourth-order valence-electron chi connectivity index (χ4n) is 2.31. The van der Waals surface area contributed by atoms with E-state index in [1.165, 1.54) is 25.3 Å². The van der Waals surface area contributed by atoms with Crippen molar-refractivity contribution in [2.45, 2.75) is 18.7 Å². The Balaban J connectivity index is 2.27. The smallest absolute Gasteiger partial charge is 0.339 e. The van der Waals surface area contributed by atoms with Gasteiger partial charge in [-0.2, -0.15) is 13.7 Å². The lowest BCUT2D eigenvalue weighted by atomic mass is 10.2. The number of hydrogen-bond donors (Lipinski definition) is 0. The molecule has 0 aliphatic rings. The monoisotopic (exact) mass is 401 g/mol. The standard InChI is InChI=1S/C20H19NO6S/c1-14-4-5-15(2)19(12-14)28(23,24)27-17-8-6-16(13-18(17)25-3)7-9-20(22)26-11-10-21/h4-9,12-13H,11H2,1-3H3/b9-7+. The van der Waals surface area contributed by atoms with Gasteiger partial charge in [-0.05, 0) is 54.8 Å². The molecule has 0 saturated heterocycles. The molecule has 0 aliphatic heterocycles. The molecule has 28 heavy (non-hydrogen) atoms. The average Bonchev–Trinajstić information content (AvgIpc) is 2.67. The second-order valence-corrected chi connectivity index (χ2v) is 7.33. The third-order valence-electron chi connectivity index (χ3n) is 3.69. The number of hydrogen-bond acceptors (Lipinski definition) is 7. The quantitative estimate of drug-likeness (QED) is 0.399. The number of carbonyl (C=O) groups is 1. The van der Waals surface area contributed by atoms with E-state index in [1.54, 1.807) is 38.1 Å². The zero-order chi connectivity index (χ0) is 20.7. The maximum absolute atomic E-state index is 12.7. The minimum atomic E-state index is -4.05. The molecule has 0 fully saturated rings. The highest BCUT2D eigenvalue weighted by Gasteiger charge is 2.21. The van der Waals surface area contributed by atoms with Crippen molar-refractivity contribution in [3.8, 4) is 17.6 Å². The van der Waals surface area contributed by atoms with Crippen LogP contribution in [-0.2, 0) is 19.6 Å². The fraction of sp³-hybridized carbons (Fsp3) is 0.200. The summed E-state index contributed by atoms with van der Waals surface area (Å²) in [4.78, 5) is 11.5. The van der Waals surface area contributed by atoms with E-state index in [4.69, 9.17) is 14.2 Å². The SMILES string of the molecule is COc1cc(/C=C/C(=O)OCC#N)ccc1OS(=O)(=O)c1cc(C)ccc1C. The minimum absolute atomic E-state index is 0.0209. The van der Waals surface area contributed by atoms with Crippen molar-refractivity contribution in [1.29, 1.82) is 5.26 Å². The molecule has 8 heteroatoms. The van der Waals surface area contributed by atoms with Crippen molar-refractivity contribution >= 4 is 22.2 Å². The van der Waals surface area contributed by atoms with E-state index in [-0.39, 0.29) is 23.0 Å². The second-order valence-electron chi connectivity index (χ2n) is 5.82. The summed E-state index contributed by atoms with van der Waals surface area (Å²) >= 11 is 0. The summed E-state index contributed by atoms with van der Waals surface area (Å²) < 4.78 is 40.4. The Morgan fingerprint density at radius 2 is 1.89 bits per heavy atom. The third kappa shape index (κ3) is 5.34. The Morgan fingerprint density at radius 1 is 1.14 bits per heavy atom. The molecule has 7 nitrogen and oxygen atoms in total. The molecule has 0 radical (unpaired) electrons. The molecule has 0 N–H and O–H groups in total. The summed E-state index contributed by atoms with van der Waals surface area (Å²) in [6.07, 6.45) is 2.60. The molecule has 0 bridgehead atoms. The number of benzene rings is 2. The molecule has 0 spiro atoms. The lowest BCUT2D eigenvalue weighted by Crippen LogP contribution is -2.12. The molecule has 0 amide bonds. The molecule has 0 unspecified atom stereocenters. The van der Waals surface area contributed by atoms with E-state index < -0.39 is 16.1 Å². The molecule has 0 atom stereocenters. The fourth-order valence-corrected chi connectivity index (χ4v) is 3.57. The van der Waals surface area contributed by atoms with Crippen LogP contribution >= 0.6 is 0 Å². The second kappa shape index (κ2) is 9.06. The van der Waals surface area contributed by atoms with Gasteiger partial charge in [0.25, 0.3) is 0 Å². The van der Waals surface area contributed by atoms with Crippen LogP contribution in [0.5, 0.6) is 11.5 Å². The van der Waals surface area contributed by atoms with Gasteiger partial charge in [0.2, 0.25) is 0 Å². The van der Waals surface area contributed by atoms with Crippen LogP contribution in [0.3, 0.4) is 0 Å². The number of aryl methyl sites for hydroxylation is 2. The summed E-state index contributed by atoms with van der Waals surface area (Å²) in [5, 5.41) is 8.38. The van der Waals surface area contributed by atoms with Crippen LogP contribution in [-0.4, -0.2) is 28.1 Å². The molecule has 0 heterocycles. The Bertz CT molecular complexity index is 1050. The van der Waals surface area contributed by atoms with Crippen LogP contribution < -0.4 is 8.92 Å². The van der Waals surface area contributed by atoms with E-state index in [9.17, 15) is 13.2 Å². The van der Waals surface area contributed by atoms with Gasteiger partial charge in [0.15, 0.2) is 18.1 Å². The summed E-state index contributed by atoms with van der Waals surface area (Å²) in [7, 11) is -2.67. The molecule has 0 aromatic heterocycles. The Kier molecular flexibility index (Phi) is 6.79. The van der Waals surface area contributed by atoms with E-state index in [0.717, 1.165) is 11.6 Å². The highest BCUT2D eigenvalue weighted by molar-refractivity contribution is 7.87. The number of ether oxygens (including phenoxy) is 2. The minimum Gasteiger partial charge on any atom is -0.493 e. The van der Waals surface area contributed by atoms with Gasteiger partial charge in [-0.25, -0.2) is 4.79 Å². The number of nitrogens with zero attached hydrogens (tertiary/aromatic N) is 1. The highest BCUT2D eigenvalue weighted by Crippen LogP contribution is 2.32. The lowest BCUT2D eigenvalue weighted by Gasteiger charge is -2.13. The van der Waals surface area contributed by atoms with Gasteiger partial charge < -0.3 is 13.7 Å². The van der Waals surface area contributed by atoms with Gasteiger partial charge in [-0.15, -0.1) is 0 Å². The predicted molar refractivity (Wildman–Crippen MR) is 102 cm³/mol. The van der Waals surface area contributed by atoms with Crippen LogP contribution in [0.1, 0.15) is 16.7 Å². The van der Waals surface area contributed by atoms with Gasteiger partial charge in [-0.3, -0.25) is 0 Å². The van der Waals surface area contributed by atoms with Crippen molar-refractivity contribution < 1.29 is 26.9 Å². The maximum atomic E-state index is 12.7. The average molecular weight is 401 g/mol. The molecule has 2 aromatic carbocycles. The van der Waals surface area contributed by atoms with Crippen molar-refractivity contribution in [2.24, 2.45) is 0 Å². The normalized spacial score (nSPS) is 11.1.